The molecule has 4 saturated heterocycles. The van der Waals surface area contributed by atoms with Gasteiger partial charge in [0.2, 0.25) is 5.79 Å². The standard InChI is InChI=1S/C37H56O12/c1-16-12-37(29-34(7,48-29)30(43)49-37)47-26-23(16)33(6)22(45-17(2)38)13-36-15-35(36)11-10-21(46-28-25(41)24(40)18(39)14-44-28)31(3,4)19(35)8-9-20(36)32(33,5)27(26)42/h16,18-30,39-43H,8-15H2,1-7H3/t16-,18-,19+,20-,21+,22-,23+,24+,25-,26-,27+,28+,29-,30-,32-,33-,34+,35-,36+,37-/m1/s1. The zero-order valence-electron chi connectivity index (χ0n) is 29.8. The van der Waals surface area contributed by atoms with Crippen LogP contribution in [-0.2, 0) is 33.2 Å². The quantitative estimate of drug-likeness (QED) is 0.166. The molecule has 5 aliphatic carbocycles. The Hall–Kier alpha value is -0.930. The summed E-state index contributed by atoms with van der Waals surface area (Å²) in [5, 5.41) is 54.4. The van der Waals surface area contributed by atoms with Crippen molar-refractivity contribution in [2.45, 2.75) is 166 Å². The number of carbonyl (C=O) groups excluding carboxylic acids is 1. The lowest BCUT2D eigenvalue weighted by Gasteiger charge is -2.65. The third-order valence-electron chi connectivity index (χ3n) is 16.9. The summed E-state index contributed by atoms with van der Waals surface area (Å²) < 4.78 is 37.6. The van der Waals surface area contributed by atoms with E-state index in [4.69, 9.17) is 28.4 Å². The van der Waals surface area contributed by atoms with Crippen LogP contribution in [0.25, 0.3) is 0 Å². The van der Waals surface area contributed by atoms with Crippen LogP contribution in [0.15, 0.2) is 0 Å². The van der Waals surface area contributed by atoms with E-state index in [1.807, 2.05) is 6.92 Å². The molecule has 12 nitrogen and oxygen atoms in total. The summed E-state index contributed by atoms with van der Waals surface area (Å²) in [6.45, 7) is 14.4. The molecule has 5 saturated carbocycles. The molecule has 0 aromatic rings. The molecular weight excluding hydrogens is 636 g/mol. The summed E-state index contributed by atoms with van der Waals surface area (Å²) in [7, 11) is 0. The van der Waals surface area contributed by atoms with E-state index in [2.05, 4.69) is 34.6 Å². The van der Waals surface area contributed by atoms with Crippen molar-refractivity contribution in [1.82, 2.24) is 0 Å². The van der Waals surface area contributed by atoms with Gasteiger partial charge < -0.3 is 54.0 Å². The minimum absolute atomic E-state index is 0.0206. The molecule has 0 unspecified atom stereocenters. The van der Waals surface area contributed by atoms with Crippen LogP contribution >= 0.6 is 0 Å². The van der Waals surface area contributed by atoms with E-state index in [9.17, 15) is 30.3 Å². The Morgan fingerprint density at radius 2 is 1.53 bits per heavy atom. The van der Waals surface area contributed by atoms with E-state index in [-0.39, 0.29) is 58.6 Å². The van der Waals surface area contributed by atoms with Gasteiger partial charge in [-0.3, -0.25) is 4.79 Å². The highest BCUT2D eigenvalue weighted by molar-refractivity contribution is 5.66. The van der Waals surface area contributed by atoms with Crippen molar-refractivity contribution >= 4 is 5.97 Å². The number of epoxide rings is 1. The van der Waals surface area contributed by atoms with Gasteiger partial charge in [-0.05, 0) is 79.4 Å². The second-order valence-electron chi connectivity index (χ2n) is 19.0. The third-order valence-corrected chi connectivity index (χ3v) is 16.9. The molecule has 5 N–H and O–H groups in total. The summed E-state index contributed by atoms with van der Waals surface area (Å²) >= 11 is 0. The van der Waals surface area contributed by atoms with Gasteiger partial charge in [0.1, 0.15) is 36.1 Å². The maximum absolute atomic E-state index is 12.9. The minimum atomic E-state index is -1.34. The van der Waals surface area contributed by atoms with E-state index in [0.29, 0.717) is 6.42 Å². The molecule has 12 heteroatoms. The van der Waals surface area contributed by atoms with Crippen LogP contribution in [0, 0.1) is 50.7 Å². The lowest BCUT2D eigenvalue weighted by Crippen LogP contribution is -2.65. The van der Waals surface area contributed by atoms with Gasteiger partial charge in [0.15, 0.2) is 12.6 Å². The van der Waals surface area contributed by atoms with E-state index in [0.717, 1.165) is 38.5 Å². The SMILES string of the molecule is CC(=O)O[C@@H]1C[C@@]23C[C@@]24CC[C@H](O[C@@H]2OC[C@@H](O)[C@H](O)[C@H]2O)C(C)(C)[C@@H]4CC[C@@H]3[C@]2(C)[C@@H](O)[C@@H]3O[C@]4(C[C@@H](C)[C@@H]3[C@@]12C)O[C@@H](O)[C@@]1(C)O[C@@H]41. The average Bonchev–Trinajstić information content (AvgIpc) is 3.88. The Morgan fingerprint density at radius 3 is 2.18 bits per heavy atom. The predicted octanol–water partition coefficient (Wildman–Crippen LogP) is 2.00. The summed E-state index contributed by atoms with van der Waals surface area (Å²) in [5.41, 5.74) is -2.46. The van der Waals surface area contributed by atoms with Crippen LogP contribution < -0.4 is 0 Å². The normalized spacial score (nSPS) is 63.8. The number of carbonyl (C=O) groups is 1. The van der Waals surface area contributed by atoms with Gasteiger partial charge in [-0.2, -0.15) is 0 Å². The first kappa shape index (κ1) is 33.9. The Kier molecular flexibility index (Phi) is 6.90. The average molecular weight is 693 g/mol. The van der Waals surface area contributed by atoms with Crippen molar-refractivity contribution in [1.29, 1.82) is 0 Å². The van der Waals surface area contributed by atoms with Gasteiger partial charge in [-0.1, -0.05) is 34.6 Å². The number of ether oxygens (including phenoxy) is 6. The first-order valence-corrected chi connectivity index (χ1v) is 18.7. The number of rotatable bonds is 3. The van der Waals surface area contributed by atoms with Crippen molar-refractivity contribution in [2.24, 2.45) is 50.7 Å². The molecule has 0 amide bonds. The van der Waals surface area contributed by atoms with Crippen LogP contribution in [0.3, 0.4) is 0 Å². The largest absolute Gasteiger partial charge is 0.462 e. The zero-order chi connectivity index (χ0) is 35.1. The predicted molar refractivity (Wildman–Crippen MR) is 169 cm³/mol. The number of fused-ring (bicyclic) bond motifs is 6. The van der Waals surface area contributed by atoms with E-state index < -0.39 is 77.5 Å². The number of aliphatic hydroxyl groups is 5. The maximum atomic E-state index is 12.9. The van der Waals surface area contributed by atoms with E-state index in [1.165, 1.54) is 6.92 Å². The van der Waals surface area contributed by atoms with Crippen molar-refractivity contribution in [3.63, 3.8) is 0 Å². The summed E-state index contributed by atoms with van der Waals surface area (Å²) in [6, 6.07) is 0. The lowest BCUT2D eigenvalue weighted by atomic mass is 9.40. The highest BCUT2D eigenvalue weighted by Gasteiger charge is 2.88. The second kappa shape index (κ2) is 9.98. The first-order chi connectivity index (χ1) is 22.8. The Labute approximate surface area is 288 Å². The Balaban J connectivity index is 1.05. The van der Waals surface area contributed by atoms with Crippen molar-refractivity contribution < 1.29 is 58.7 Å². The van der Waals surface area contributed by atoms with Crippen LogP contribution in [-0.4, -0.2) is 111 Å². The van der Waals surface area contributed by atoms with Crippen molar-refractivity contribution in [3.8, 4) is 0 Å². The molecule has 3 spiro atoms. The molecule has 4 aliphatic heterocycles. The van der Waals surface area contributed by atoms with Gasteiger partial charge in [0.05, 0.1) is 24.9 Å². The minimum Gasteiger partial charge on any atom is -0.462 e. The van der Waals surface area contributed by atoms with Gasteiger partial charge >= 0.3 is 5.97 Å². The number of hydrogen-bond acceptors (Lipinski definition) is 12. The van der Waals surface area contributed by atoms with E-state index >= 15 is 0 Å². The summed E-state index contributed by atoms with van der Waals surface area (Å²) in [6.07, 6.45) is -2.66. The smallest absolute Gasteiger partial charge is 0.302 e. The van der Waals surface area contributed by atoms with Gasteiger partial charge in [0, 0.05) is 30.1 Å². The molecule has 0 aromatic carbocycles. The van der Waals surface area contributed by atoms with Gasteiger partial charge in [0.25, 0.3) is 0 Å². The highest BCUT2D eigenvalue weighted by atomic mass is 16.8. The van der Waals surface area contributed by atoms with E-state index in [1.54, 1.807) is 0 Å². The second-order valence-corrected chi connectivity index (χ2v) is 19.0. The fourth-order valence-electron chi connectivity index (χ4n) is 14.6. The topological polar surface area (TPSA) is 177 Å². The zero-order valence-corrected chi connectivity index (χ0v) is 29.8. The van der Waals surface area contributed by atoms with Crippen LogP contribution in [0.1, 0.15) is 93.4 Å². The molecular formula is C37H56O12. The molecule has 9 rings (SSSR count). The highest BCUT2D eigenvalue weighted by Crippen LogP contribution is 2.89. The molecule has 0 bridgehead atoms. The molecule has 4 heterocycles. The Morgan fingerprint density at radius 1 is 0.816 bits per heavy atom. The fourth-order valence-corrected chi connectivity index (χ4v) is 14.6. The van der Waals surface area contributed by atoms with Crippen LogP contribution in [0.2, 0.25) is 0 Å². The molecule has 9 fully saturated rings. The number of hydrogen-bond donors (Lipinski definition) is 5. The molecule has 276 valence electrons. The lowest BCUT2D eigenvalue weighted by molar-refractivity contribution is -0.351. The van der Waals surface area contributed by atoms with Gasteiger partial charge in [-0.25, -0.2) is 0 Å². The fraction of sp³-hybridized carbons (Fsp3) is 0.973. The van der Waals surface area contributed by atoms with Crippen molar-refractivity contribution in [3.05, 3.63) is 0 Å². The summed E-state index contributed by atoms with van der Waals surface area (Å²) in [4.78, 5) is 12.9. The molecule has 9 aliphatic rings. The Bertz CT molecular complexity index is 1430. The van der Waals surface area contributed by atoms with Crippen LogP contribution in [0.4, 0.5) is 0 Å². The van der Waals surface area contributed by atoms with Gasteiger partial charge in [-0.15, -0.1) is 0 Å². The first-order valence-electron chi connectivity index (χ1n) is 18.7. The summed E-state index contributed by atoms with van der Waals surface area (Å²) in [5.74, 6) is -1.05. The maximum Gasteiger partial charge on any atom is 0.302 e. The molecule has 49 heavy (non-hydrogen) atoms. The number of aliphatic hydroxyl groups excluding tert-OH is 5. The monoisotopic (exact) mass is 692 g/mol. The van der Waals surface area contributed by atoms with Crippen molar-refractivity contribution in [2.75, 3.05) is 6.61 Å². The number of esters is 1. The molecule has 0 aromatic heterocycles. The molecule has 0 radical (unpaired) electrons. The third kappa shape index (κ3) is 3.83. The van der Waals surface area contributed by atoms with Crippen LogP contribution in [0.5, 0.6) is 0 Å². The molecule has 20 atom stereocenters.